The van der Waals surface area contributed by atoms with Gasteiger partial charge in [0, 0.05) is 24.9 Å². The Morgan fingerprint density at radius 2 is 1.84 bits per heavy atom. The zero-order chi connectivity index (χ0) is 18.3. The van der Waals surface area contributed by atoms with Gasteiger partial charge in [0.2, 0.25) is 10.0 Å². The van der Waals surface area contributed by atoms with E-state index < -0.39 is 10.0 Å². The Bertz CT molecular complexity index is 717. The smallest absolute Gasteiger partial charge is 0.269 e. The van der Waals surface area contributed by atoms with Crippen molar-refractivity contribution in [1.82, 2.24) is 15.2 Å². The fraction of sp³-hybridized carbons (Fsp3) is 0.500. The maximum atomic E-state index is 12.6. The molecular formula is C18H27N3O3S. The van der Waals surface area contributed by atoms with E-state index >= 15 is 0 Å². The minimum absolute atomic E-state index is 0.134. The third-order valence-electron chi connectivity index (χ3n) is 4.40. The molecule has 6 nitrogen and oxygen atoms in total. The summed E-state index contributed by atoms with van der Waals surface area (Å²) in [5.41, 5.74) is 7.05. The highest BCUT2D eigenvalue weighted by Gasteiger charge is 2.22. The lowest BCUT2D eigenvalue weighted by Gasteiger charge is -2.18. The molecule has 1 aromatic rings. The second-order valence-electron chi connectivity index (χ2n) is 6.08. The lowest BCUT2D eigenvalue weighted by atomic mass is 9.96. The van der Waals surface area contributed by atoms with Crippen LogP contribution in [0.1, 0.15) is 56.3 Å². The highest BCUT2D eigenvalue weighted by molar-refractivity contribution is 7.89. The van der Waals surface area contributed by atoms with Crippen molar-refractivity contribution in [1.29, 1.82) is 0 Å². The summed E-state index contributed by atoms with van der Waals surface area (Å²) in [5.74, 6) is -0.357. The molecule has 0 aromatic heterocycles. The molecule has 7 heteroatoms. The van der Waals surface area contributed by atoms with Gasteiger partial charge in [0.1, 0.15) is 0 Å². The monoisotopic (exact) mass is 365 g/mol. The maximum absolute atomic E-state index is 12.6. The maximum Gasteiger partial charge on any atom is 0.269 e. The largest absolute Gasteiger partial charge is 0.306 e. The van der Waals surface area contributed by atoms with Crippen LogP contribution in [0, 0.1) is 0 Å². The van der Waals surface area contributed by atoms with Gasteiger partial charge in [0.25, 0.3) is 5.91 Å². The number of rotatable bonds is 7. The summed E-state index contributed by atoms with van der Waals surface area (Å²) in [7, 11) is -3.57. The van der Waals surface area contributed by atoms with Crippen LogP contribution in [0.2, 0.25) is 0 Å². The number of sulfonamides is 1. The number of carbonyl (C=O) groups is 1. The van der Waals surface area contributed by atoms with Crippen molar-refractivity contribution in [2.24, 2.45) is 0 Å². The van der Waals surface area contributed by atoms with Crippen molar-refractivity contribution in [3.63, 3.8) is 0 Å². The van der Waals surface area contributed by atoms with Crippen LogP contribution in [-0.2, 0) is 10.0 Å². The summed E-state index contributed by atoms with van der Waals surface area (Å²) in [6, 6.07) is 6.12. The Morgan fingerprint density at radius 3 is 2.48 bits per heavy atom. The van der Waals surface area contributed by atoms with Crippen LogP contribution < -0.4 is 10.9 Å². The van der Waals surface area contributed by atoms with E-state index in [-0.39, 0.29) is 10.8 Å². The summed E-state index contributed by atoms with van der Waals surface area (Å²) in [4.78, 5) is 12.4. The van der Waals surface area contributed by atoms with E-state index in [1.165, 1.54) is 41.3 Å². The molecule has 0 bridgehead atoms. The summed E-state index contributed by atoms with van der Waals surface area (Å²) < 4.78 is 26.5. The predicted octanol–water partition coefficient (Wildman–Crippen LogP) is 2.80. The number of allylic oxidation sites excluding steroid dienone is 1. The molecule has 1 fully saturated rings. The molecule has 0 unspecified atom stereocenters. The van der Waals surface area contributed by atoms with E-state index in [1.54, 1.807) is 26.0 Å². The molecule has 2 N–H and O–H groups in total. The number of amides is 1. The summed E-state index contributed by atoms with van der Waals surface area (Å²) in [6.07, 6.45) is 7.59. The molecule has 0 heterocycles. The van der Waals surface area contributed by atoms with Crippen molar-refractivity contribution in [3.05, 3.63) is 41.6 Å². The summed E-state index contributed by atoms with van der Waals surface area (Å²) >= 11 is 0. The van der Waals surface area contributed by atoms with Crippen molar-refractivity contribution in [2.75, 3.05) is 13.1 Å². The van der Waals surface area contributed by atoms with E-state index in [4.69, 9.17) is 0 Å². The third kappa shape index (κ3) is 5.06. The van der Waals surface area contributed by atoms with Gasteiger partial charge in [0.15, 0.2) is 0 Å². The second-order valence-corrected chi connectivity index (χ2v) is 8.02. The van der Waals surface area contributed by atoms with E-state index in [2.05, 4.69) is 10.9 Å². The molecule has 0 spiro atoms. The lowest BCUT2D eigenvalue weighted by Crippen LogP contribution is -2.34. The van der Waals surface area contributed by atoms with Crippen molar-refractivity contribution < 1.29 is 13.2 Å². The van der Waals surface area contributed by atoms with Crippen LogP contribution in [0.3, 0.4) is 0 Å². The molecule has 25 heavy (non-hydrogen) atoms. The lowest BCUT2D eigenvalue weighted by molar-refractivity contribution is 0.0940. The molecule has 0 atom stereocenters. The zero-order valence-corrected chi connectivity index (χ0v) is 15.7. The van der Waals surface area contributed by atoms with Crippen LogP contribution in [0.15, 0.2) is 40.9 Å². The first-order valence-corrected chi connectivity index (χ1v) is 10.3. The fourth-order valence-corrected chi connectivity index (χ4v) is 4.44. The van der Waals surface area contributed by atoms with Gasteiger partial charge in [-0.3, -0.25) is 10.2 Å². The van der Waals surface area contributed by atoms with Gasteiger partial charge in [-0.05, 0) is 43.9 Å². The molecule has 0 aliphatic heterocycles. The molecule has 1 saturated carbocycles. The van der Waals surface area contributed by atoms with Crippen molar-refractivity contribution in [3.8, 4) is 0 Å². The normalized spacial score (nSPS) is 15.1. The zero-order valence-electron chi connectivity index (χ0n) is 14.9. The minimum atomic E-state index is -3.57. The highest BCUT2D eigenvalue weighted by atomic mass is 32.2. The standard InChI is InChI=1S/C18H27N3O3S/c1-3-21(4-2)25(23,24)17-12-8-11-16(13-17)18(22)20-19-14-15-9-6-5-7-10-15/h8,11-14,19H,3-7,9-10H2,1-2H3,(H,20,22). The second kappa shape index (κ2) is 9.01. The molecule has 1 aliphatic carbocycles. The Labute approximate surface area is 150 Å². The summed E-state index contributed by atoms with van der Waals surface area (Å²) in [6.45, 7) is 4.37. The van der Waals surface area contributed by atoms with Crippen LogP contribution in [0.25, 0.3) is 0 Å². The molecule has 1 aromatic carbocycles. The fourth-order valence-electron chi connectivity index (χ4n) is 2.94. The van der Waals surface area contributed by atoms with Gasteiger partial charge in [-0.15, -0.1) is 0 Å². The van der Waals surface area contributed by atoms with Gasteiger partial charge in [-0.25, -0.2) is 8.42 Å². The van der Waals surface area contributed by atoms with Gasteiger partial charge >= 0.3 is 0 Å². The first-order chi connectivity index (χ1) is 12.0. The minimum Gasteiger partial charge on any atom is -0.306 e. The van der Waals surface area contributed by atoms with Crippen LogP contribution in [0.5, 0.6) is 0 Å². The van der Waals surface area contributed by atoms with E-state index in [0.717, 1.165) is 12.8 Å². The molecule has 0 saturated heterocycles. The molecule has 1 amide bonds. The average Bonchev–Trinajstić information content (AvgIpc) is 2.63. The highest BCUT2D eigenvalue weighted by Crippen LogP contribution is 2.21. The van der Waals surface area contributed by atoms with Crippen molar-refractivity contribution in [2.45, 2.75) is 50.8 Å². The first-order valence-electron chi connectivity index (χ1n) is 8.83. The molecule has 138 valence electrons. The van der Waals surface area contributed by atoms with Gasteiger partial charge < -0.3 is 5.43 Å². The summed E-state index contributed by atoms with van der Waals surface area (Å²) in [5, 5.41) is 0. The Kier molecular flexibility index (Phi) is 7.01. The van der Waals surface area contributed by atoms with E-state index in [1.807, 2.05) is 6.20 Å². The average molecular weight is 365 g/mol. The predicted molar refractivity (Wildman–Crippen MR) is 98.3 cm³/mol. The number of benzene rings is 1. The van der Waals surface area contributed by atoms with Crippen LogP contribution >= 0.6 is 0 Å². The van der Waals surface area contributed by atoms with Crippen LogP contribution in [0.4, 0.5) is 0 Å². The quantitative estimate of drug-likeness (QED) is 0.728. The van der Waals surface area contributed by atoms with Gasteiger partial charge in [0.05, 0.1) is 4.90 Å². The van der Waals surface area contributed by atoms with Gasteiger partial charge in [-0.2, -0.15) is 4.31 Å². The van der Waals surface area contributed by atoms with Crippen LogP contribution in [-0.4, -0.2) is 31.7 Å². The number of nitrogens with one attached hydrogen (secondary N) is 2. The number of hydrogen-bond donors (Lipinski definition) is 2. The number of hydrogen-bond acceptors (Lipinski definition) is 4. The first kappa shape index (κ1) is 19.5. The van der Waals surface area contributed by atoms with Gasteiger partial charge in [-0.1, -0.05) is 31.9 Å². The topological polar surface area (TPSA) is 78.5 Å². The van der Waals surface area contributed by atoms with E-state index in [0.29, 0.717) is 18.7 Å². The number of hydrazine groups is 1. The molecule has 1 aliphatic rings. The Hall–Kier alpha value is -1.86. The molecule has 2 rings (SSSR count). The van der Waals surface area contributed by atoms with E-state index in [9.17, 15) is 13.2 Å². The number of nitrogens with zero attached hydrogens (tertiary/aromatic N) is 1. The van der Waals surface area contributed by atoms with Crippen molar-refractivity contribution >= 4 is 15.9 Å². The Morgan fingerprint density at radius 1 is 1.16 bits per heavy atom. The number of carbonyl (C=O) groups excluding carboxylic acids is 1. The third-order valence-corrected chi connectivity index (χ3v) is 6.44. The Balaban J connectivity index is 2.06. The SMILES string of the molecule is CCN(CC)S(=O)(=O)c1cccc(C(=O)NNC=C2CCCCC2)c1. The molecular weight excluding hydrogens is 338 g/mol. The molecule has 0 radical (unpaired) electrons.